The predicted molar refractivity (Wildman–Crippen MR) is 50.5 cm³/mol. The molecule has 0 saturated carbocycles. The van der Waals surface area contributed by atoms with Crippen molar-refractivity contribution < 1.29 is 0 Å². The van der Waals surface area contributed by atoms with E-state index >= 15 is 0 Å². The highest BCUT2D eigenvalue weighted by Gasteiger charge is 2.03. The van der Waals surface area contributed by atoms with E-state index in [1.165, 1.54) is 5.56 Å². The van der Waals surface area contributed by atoms with Gasteiger partial charge in [0.1, 0.15) is 5.52 Å². The van der Waals surface area contributed by atoms with E-state index in [2.05, 4.69) is 11.2 Å². The van der Waals surface area contributed by atoms with Gasteiger partial charge in [0.15, 0.2) is 0 Å². The molecule has 2 rings (SSSR count). The van der Waals surface area contributed by atoms with Crippen LogP contribution < -0.4 is 0 Å². The maximum absolute atomic E-state index is 6.00. The molecule has 3 heteroatoms. The summed E-state index contributed by atoms with van der Waals surface area (Å²) in [5.74, 6) is 0. The van der Waals surface area contributed by atoms with E-state index in [1.54, 1.807) is 4.68 Å². The average molecular weight is 181 g/mol. The first-order valence-electron chi connectivity index (χ1n) is 3.76. The quantitative estimate of drug-likeness (QED) is 0.609. The molecule has 0 aliphatic rings. The van der Waals surface area contributed by atoms with Crippen molar-refractivity contribution in [3.8, 4) is 0 Å². The lowest BCUT2D eigenvalue weighted by molar-refractivity contribution is 0.780. The van der Waals surface area contributed by atoms with Crippen LogP contribution in [0.1, 0.15) is 5.56 Å². The largest absolute Gasteiger partial charge is 0.275 e. The van der Waals surface area contributed by atoms with Gasteiger partial charge in [-0.3, -0.25) is 4.68 Å². The summed E-state index contributed by atoms with van der Waals surface area (Å²) in [6.07, 6.45) is 1.97. The Labute approximate surface area is 75.8 Å². The van der Waals surface area contributed by atoms with Crippen molar-refractivity contribution in [2.75, 3.05) is 0 Å². The van der Waals surface area contributed by atoms with Gasteiger partial charge in [-0.1, -0.05) is 11.6 Å². The second-order valence-electron chi connectivity index (χ2n) is 2.99. The van der Waals surface area contributed by atoms with E-state index in [9.17, 15) is 0 Å². The van der Waals surface area contributed by atoms with Gasteiger partial charge < -0.3 is 0 Å². The SMILES string of the molecule is Cc1cc(Cl)c2nn(C)cc2c1. The van der Waals surface area contributed by atoms with Crippen LogP contribution in [-0.4, -0.2) is 9.78 Å². The van der Waals surface area contributed by atoms with E-state index in [1.807, 2.05) is 26.2 Å². The molecule has 62 valence electrons. The van der Waals surface area contributed by atoms with Crippen LogP contribution in [0.2, 0.25) is 5.02 Å². The molecular formula is C9H9ClN2. The van der Waals surface area contributed by atoms with Crippen molar-refractivity contribution in [1.82, 2.24) is 9.78 Å². The van der Waals surface area contributed by atoms with Crippen LogP contribution in [0, 0.1) is 6.92 Å². The van der Waals surface area contributed by atoms with Crippen molar-refractivity contribution >= 4 is 22.5 Å². The molecule has 0 aliphatic heterocycles. The summed E-state index contributed by atoms with van der Waals surface area (Å²) in [6, 6.07) is 4.01. The molecule has 2 nitrogen and oxygen atoms in total. The molecule has 0 amide bonds. The van der Waals surface area contributed by atoms with Gasteiger partial charge in [0.05, 0.1) is 5.02 Å². The molecule has 0 spiro atoms. The van der Waals surface area contributed by atoms with Crippen molar-refractivity contribution in [2.24, 2.45) is 7.05 Å². The normalized spacial score (nSPS) is 10.9. The standard InChI is InChI=1S/C9H9ClN2/c1-6-3-7-5-12(2)11-9(7)8(10)4-6/h3-5H,1-2H3. The van der Waals surface area contributed by atoms with Gasteiger partial charge in [0.2, 0.25) is 0 Å². The lowest BCUT2D eigenvalue weighted by atomic mass is 10.2. The molecule has 1 aromatic heterocycles. The number of hydrogen-bond donors (Lipinski definition) is 0. The fraction of sp³-hybridized carbons (Fsp3) is 0.222. The minimum Gasteiger partial charge on any atom is -0.275 e. The van der Waals surface area contributed by atoms with Gasteiger partial charge in [0, 0.05) is 18.6 Å². The summed E-state index contributed by atoms with van der Waals surface area (Å²) < 4.78 is 1.77. The Bertz CT molecular complexity index is 431. The average Bonchev–Trinajstić information content (AvgIpc) is 2.29. The van der Waals surface area contributed by atoms with Crippen LogP contribution in [0.3, 0.4) is 0 Å². The van der Waals surface area contributed by atoms with Gasteiger partial charge in [-0.25, -0.2) is 0 Å². The van der Waals surface area contributed by atoms with Crippen molar-refractivity contribution in [2.45, 2.75) is 6.92 Å². The Kier molecular flexibility index (Phi) is 1.58. The summed E-state index contributed by atoms with van der Waals surface area (Å²) >= 11 is 6.00. The van der Waals surface area contributed by atoms with E-state index in [-0.39, 0.29) is 0 Å². The Morgan fingerprint density at radius 2 is 2.17 bits per heavy atom. The molecule has 0 atom stereocenters. The van der Waals surface area contributed by atoms with Crippen LogP contribution in [0.4, 0.5) is 0 Å². The molecular weight excluding hydrogens is 172 g/mol. The van der Waals surface area contributed by atoms with Crippen LogP contribution >= 0.6 is 11.6 Å². The second kappa shape index (κ2) is 2.49. The lowest BCUT2D eigenvalue weighted by Gasteiger charge is -1.93. The van der Waals surface area contributed by atoms with E-state index in [4.69, 9.17) is 11.6 Å². The highest BCUT2D eigenvalue weighted by atomic mass is 35.5. The molecule has 0 radical (unpaired) electrons. The summed E-state index contributed by atoms with van der Waals surface area (Å²) in [7, 11) is 1.89. The third-order valence-electron chi connectivity index (χ3n) is 1.82. The van der Waals surface area contributed by atoms with Gasteiger partial charge in [-0.2, -0.15) is 5.10 Å². The molecule has 1 heterocycles. The van der Waals surface area contributed by atoms with Gasteiger partial charge >= 0.3 is 0 Å². The van der Waals surface area contributed by atoms with Gasteiger partial charge in [-0.05, 0) is 24.6 Å². The van der Waals surface area contributed by atoms with Gasteiger partial charge in [0.25, 0.3) is 0 Å². The maximum Gasteiger partial charge on any atom is 0.111 e. The summed E-state index contributed by atoms with van der Waals surface area (Å²) in [4.78, 5) is 0. The molecule has 0 bridgehead atoms. The summed E-state index contributed by atoms with van der Waals surface area (Å²) in [5, 5.41) is 6.07. The molecule has 12 heavy (non-hydrogen) atoms. The topological polar surface area (TPSA) is 17.8 Å². The Morgan fingerprint density at radius 3 is 2.92 bits per heavy atom. The molecule has 1 aromatic carbocycles. The summed E-state index contributed by atoms with van der Waals surface area (Å²) in [5.41, 5.74) is 2.05. The monoisotopic (exact) mass is 180 g/mol. The number of aromatic nitrogens is 2. The number of fused-ring (bicyclic) bond motifs is 1. The Hall–Kier alpha value is -1.02. The van der Waals surface area contributed by atoms with E-state index < -0.39 is 0 Å². The first-order chi connectivity index (χ1) is 5.66. The zero-order chi connectivity index (χ0) is 8.72. The second-order valence-corrected chi connectivity index (χ2v) is 3.39. The van der Waals surface area contributed by atoms with Gasteiger partial charge in [-0.15, -0.1) is 0 Å². The maximum atomic E-state index is 6.00. The van der Waals surface area contributed by atoms with Crippen molar-refractivity contribution in [1.29, 1.82) is 0 Å². The minimum absolute atomic E-state index is 0.727. The van der Waals surface area contributed by atoms with Crippen LogP contribution in [0.15, 0.2) is 18.3 Å². The predicted octanol–water partition coefficient (Wildman–Crippen LogP) is 2.54. The van der Waals surface area contributed by atoms with Crippen molar-refractivity contribution in [3.63, 3.8) is 0 Å². The third-order valence-corrected chi connectivity index (χ3v) is 2.11. The Morgan fingerprint density at radius 1 is 1.42 bits per heavy atom. The highest BCUT2D eigenvalue weighted by molar-refractivity contribution is 6.35. The fourth-order valence-corrected chi connectivity index (χ4v) is 1.67. The molecule has 2 aromatic rings. The first kappa shape index (κ1) is 7.62. The van der Waals surface area contributed by atoms with Crippen LogP contribution in [0.5, 0.6) is 0 Å². The number of aryl methyl sites for hydroxylation is 2. The Balaban J connectivity index is 2.88. The molecule has 0 aliphatic carbocycles. The van der Waals surface area contributed by atoms with Crippen LogP contribution in [0.25, 0.3) is 10.9 Å². The lowest BCUT2D eigenvalue weighted by Crippen LogP contribution is -1.85. The smallest absolute Gasteiger partial charge is 0.111 e. The molecule has 0 fully saturated rings. The van der Waals surface area contributed by atoms with E-state index in [0.717, 1.165) is 15.9 Å². The van der Waals surface area contributed by atoms with E-state index in [0.29, 0.717) is 0 Å². The van der Waals surface area contributed by atoms with Crippen LogP contribution in [-0.2, 0) is 7.05 Å². The molecule has 0 N–H and O–H groups in total. The molecule has 0 saturated heterocycles. The summed E-state index contributed by atoms with van der Waals surface area (Å²) in [6.45, 7) is 2.03. The number of rotatable bonds is 0. The number of hydrogen-bond acceptors (Lipinski definition) is 1. The number of benzene rings is 1. The van der Waals surface area contributed by atoms with Crippen molar-refractivity contribution in [3.05, 3.63) is 28.9 Å². The first-order valence-corrected chi connectivity index (χ1v) is 4.14. The number of nitrogens with zero attached hydrogens (tertiary/aromatic N) is 2. The highest BCUT2D eigenvalue weighted by Crippen LogP contribution is 2.23. The number of halogens is 1. The minimum atomic E-state index is 0.727. The zero-order valence-corrected chi connectivity index (χ0v) is 7.76. The fourth-order valence-electron chi connectivity index (χ4n) is 1.35. The zero-order valence-electron chi connectivity index (χ0n) is 7.00. The third kappa shape index (κ3) is 1.08. The molecule has 0 unspecified atom stereocenters.